The lowest BCUT2D eigenvalue weighted by Crippen LogP contribution is -2.38. The van der Waals surface area contributed by atoms with Crippen molar-refractivity contribution in [1.29, 1.82) is 0 Å². The minimum Gasteiger partial charge on any atom is -0.384 e. The average Bonchev–Trinajstić information content (AvgIpc) is 2.98. The summed E-state index contributed by atoms with van der Waals surface area (Å²) in [5, 5.41) is -0.468. The van der Waals surface area contributed by atoms with Gasteiger partial charge in [-0.05, 0) is 26.2 Å². The third-order valence-electron chi connectivity index (χ3n) is 4.61. The van der Waals surface area contributed by atoms with Crippen molar-refractivity contribution < 1.29 is 13.2 Å². The Morgan fingerprint density at radius 3 is 2.73 bits per heavy atom. The minimum absolute atomic E-state index is 0.0370. The summed E-state index contributed by atoms with van der Waals surface area (Å²) in [6.45, 7) is 0.689. The lowest BCUT2D eigenvalue weighted by molar-refractivity contribution is 0.0774. The summed E-state index contributed by atoms with van der Waals surface area (Å²) in [6, 6.07) is 4.85. The third kappa shape index (κ3) is 2.46. The molecule has 2 saturated heterocycles. The van der Waals surface area contributed by atoms with Crippen LogP contribution in [0.4, 0.5) is 5.82 Å². The summed E-state index contributed by atoms with van der Waals surface area (Å²) in [6.07, 6.45) is 0. The van der Waals surface area contributed by atoms with E-state index in [4.69, 9.17) is 5.73 Å². The predicted octanol–water partition coefficient (Wildman–Crippen LogP) is -0.537. The van der Waals surface area contributed by atoms with Crippen LogP contribution < -0.4 is 5.73 Å². The van der Waals surface area contributed by atoms with E-state index in [1.54, 1.807) is 23.1 Å². The average molecular weight is 324 g/mol. The van der Waals surface area contributed by atoms with Gasteiger partial charge >= 0.3 is 0 Å². The largest absolute Gasteiger partial charge is 0.384 e. The van der Waals surface area contributed by atoms with Crippen LogP contribution in [0.3, 0.4) is 0 Å². The Kier molecular flexibility index (Phi) is 3.60. The highest BCUT2D eigenvalue weighted by atomic mass is 32.2. The lowest BCUT2D eigenvalue weighted by Gasteiger charge is -2.24. The van der Waals surface area contributed by atoms with Crippen molar-refractivity contribution >= 4 is 21.6 Å². The van der Waals surface area contributed by atoms with Gasteiger partial charge in [0.2, 0.25) is 0 Å². The SMILES string of the molecule is CN(C)[C@@H]1CS(=O)(=O)[C@H]2CN(C(=O)c3cccc(N)n3)C[C@@H]12. The molecule has 1 aromatic rings. The van der Waals surface area contributed by atoms with Crippen molar-refractivity contribution in [2.75, 3.05) is 38.7 Å². The molecule has 2 aliphatic heterocycles. The van der Waals surface area contributed by atoms with Crippen LogP contribution in [0.15, 0.2) is 18.2 Å². The summed E-state index contributed by atoms with van der Waals surface area (Å²) in [4.78, 5) is 20.1. The fraction of sp³-hybridized carbons (Fsp3) is 0.571. The van der Waals surface area contributed by atoms with Gasteiger partial charge in [-0.25, -0.2) is 13.4 Å². The number of aromatic nitrogens is 1. The molecular weight excluding hydrogens is 304 g/mol. The van der Waals surface area contributed by atoms with Crippen LogP contribution in [-0.4, -0.2) is 73.3 Å². The molecule has 1 aromatic heterocycles. The Morgan fingerprint density at radius 2 is 2.09 bits per heavy atom. The number of fused-ring (bicyclic) bond motifs is 1. The number of likely N-dealkylation sites (tertiary alicyclic amines) is 1. The summed E-state index contributed by atoms with van der Waals surface area (Å²) >= 11 is 0. The number of carbonyl (C=O) groups is 1. The number of rotatable bonds is 2. The maximum absolute atomic E-state index is 12.5. The van der Waals surface area contributed by atoms with Gasteiger partial charge in [0.1, 0.15) is 11.5 Å². The molecule has 0 bridgehead atoms. The summed E-state index contributed by atoms with van der Waals surface area (Å²) in [7, 11) is 0.607. The van der Waals surface area contributed by atoms with Crippen LogP contribution >= 0.6 is 0 Å². The van der Waals surface area contributed by atoms with Crippen LogP contribution in [0, 0.1) is 5.92 Å². The molecule has 0 aliphatic carbocycles. The molecule has 22 heavy (non-hydrogen) atoms. The fourth-order valence-corrected chi connectivity index (χ4v) is 5.94. The zero-order chi connectivity index (χ0) is 16.1. The molecule has 8 heteroatoms. The van der Waals surface area contributed by atoms with Crippen LogP contribution in [0.25, 0.3) is 0 Å². The molecule has 2 N–H and O–H groups in total. The van der Waals surface area contributed by atoms with Crippen LogP contribution in [-0.2, 0) is 9.84 Å². The fourth-order valence-electron chi connectivity index (χ4n) is 3.46. The third-order valence-corrected chi connectivity index (χ3v) is 6.84. The number of hydrogen-bond donors (Lipinski definition) is 1. The molecule has 0 radical (unpaired) electrons. The van der Waals surface area contributed by atoms with Gasteiger partial charge < -0.3 is 15.5 Å². The van der Waals surface area contributed by atoms with Gasteiger partial charge in [0, 0.05) is 25.0 Å². The van der Waals surface area contributed by atoms with Crippen molar-refractivity contribution in [1.82, 2.24) is 14.8 Å². The number of carbonyl (C=O) groups excluding carboxylic acids is 1. The molecule has 0 spiro atoms. The second-order valence-corrected chi connectivity index (χ2v) is 8.49. The molecule has 7 nitrogen and oxygen atoms in total. The summed E-state index contributed by atoms with van der Waals surface area (Å²) < 4.78 is 24.6. The predicted molar refractivity (Wildman–Crippen MR) is 83.1 cm³/mol. The molecule has 0 unspecified atom stereocenters. The molecule has 0 saturated carbocycles. The van der Waals surface area contributed by atoms with Crippen molar-refractivity contribution in [3.8, 4) is 0 Å². The first kappa shape index (κ1) is 15.2. The van der Waals surface area contributed by atoms with Gasteiger partial charge in [-0.2, -0.15) is 0 Å². The number of pyridine rings is 1. The summed E-state index contributed by atoms with van der Waals surface area (Å²) in [5.74, 6) is 0.164. The smallest absolute Gasteiger partial charge is 0.272 e. The topological polar surface area (TPSA) is 96.6 Å². The molecule has 0 aromatic carbocycles. The normalized spacial score (nSPS) is 29.8. The van der Waals surface area contributed by atoms with Crippen LogP contribution in [0.1, 0.15) is 10.5 Å². The number of nitrogens with two attached hydrogens (primary N) is 1. The maximum Gasteiger partial charge on any atom is 0.272 e. The standard InChI is InChI=1S/C14H20N4O3S/c1-17(2)11-8-22(20,21)12-7-18(6-9(11)12)14(19)10-4-3-5-13(15)16-10/h3-5,9,11-12H,6-8H2,1-2H3,(H2,15,16)/t9-,11+,12-/m0/s1. The summed E-state index contributed by atoms with van der Waals surface area (Å²) in [5.41, 5.74) is 5.87. The molecule has 3 rings (SSSR count). The van der Waals surface area contributed by atoms with Gasteiger partial charge in [0.05, 0.1) is 11.0 Å². The minimum atomic E-state index is -3.16. The van der Waals surface area contributed by atoms with E-state index in [0.29, 0.717) is 6.54 Å². The maximum atomic E-state index is 12.5. The quantitative estimate of drug-likeness (QED) is 0.785. The van der Waals surface area contributed by atoms with E-state index < -0.39 is 15.1 Å². The number of hydrogen-bond acceptors (Lipinski definition) is 6. The van der Waals surface area contributed by atoms with Crippen molar-refractivity contribution in [2.45, 2.75) is 11.3 Å². The molecular formula is C14H20N4O3S. The van der Waals surface area contributed by atoms with Crippen molar-refractivity contribution in [3.63, 3.8) is 0 Å². The monoisotopic (exact) mass is 324 g/mol. The first-order valence-corrected chi connectivity index (χ1v) is 8.91. The number of amides is 1. The highest BCUT2D eigenvalue weighted by Crippen LogP contribution is 2.36. The van der Waals surface area contributed by atoms with Crippen molar-refractivity contribution in [2.24, 2.45) is 5.92 Å². The Hall–Kier alpha value is -1.67. The number of anilines is 1. The first-order chi connectivity index (χ1) is 10.3. The lowest BCUT2D eigenvalue weighted by atomic mass is 10.00. The van der Waals surface area contributed by atoms with Crippen LogP contribution in [0.5, 0.6) is 0 Å². The van der Waals surface area contributed by atoms with E-state index in [2.05, 4.69) is 4.98 Å². The Bertz CT molecular complexity index is 704. The van der Waals surface area contributed by atoms with E-state index >= 15 is 0 Å². The molecule has 3 heterocycles. The van der Waals surface area contributed by atoms with Crippen LogP contribution in [0.2, 0.25) is 0 Å². The highest BCUT2D eigenvalue weighted by molar-refractivity contribution is 7.92. The first-order valence-electron chi connectivity index (χ1n) is 7.19. The zero-order valence-electron chi connectivity index (χ0n) is 12.6. The second kappa shape index (κ2) is 5.20. The van der Waals surface area contributed by atoms with E-state index in [-0.39, 0.29) is 41.7 Å². The van der Waals surface area contributed by atoms with Gasteiger partial charge in [-0.3, -0.25) is 4.79 Å². The van der Waals surface area contributed by atoms with Gasteiger partial charge in [0.25, 0.3) is 5.91 Å². The zero-order valence-corrected chi connectivity index (χ0v) is 13.5. The molecule has 1 amide bonds. The van der Waals surface area contributed by atoms with E-state index in [9.17, 15) is 13.2 Å². The molecule has 2 fully saturated rings. The Labute approximate surface area is 130 Å². The Balaban J connectivity index is 1.84. The van der Waals surface area contributed by atoms with E-state index in [1.165, 1.54) is 0 Å². The molecule has 2 aliphatic rings. The van der Waals surface area contributed by atoms with E-state index in [0.717, 1.165) is 0 Å². The van der Waals surface area contributed by atoms with Gasteiger partial charge in [0.15, 0.2) is 9.84 Å². The van der Waals surface area contributed by atoms with Gasteiger partial charge in [-0.1, -0.05) is 6.07 Å². The highest BCUT2D eigenvalue weighted by Gasteiger charge is 2.53. The van der Waals surface area contributed by atoms with Gasteiger partial charge in [-0.15, -0.1) is 0 Å². The molecule has 3 atom stereocenters. The Morgan fingerprint density at radius 1 is 1.36 bits per heavy atom. The number of nitrogen functional groups attached to an aromatic ring is 1. The number of nitrogens with zero attached hydrogens (tertiary/aromatic N) is 3. The van der Waals surface area contributed by atoms with E-state index in [1.807, 2.05) is 19.0 Å². The molecule has 120 valence electrons. The van der Waals surface area contributed by atoms with Crippen molar-refractivity contribution in [3.05, 3.63) is 23.9 Å². The number of sulfone groups is 1. The second-order valence-electron chi connectivity index (χ2n) is 6.22.